The average molecular weight is 252 g/mol. The van der Waals surface area contributed by atoms with Crippen molar-refractivity contribution in [3.63, 3.8) is 0 Å². The predicted molar refractivity (Wildman–Crippen MR) is 59.2 cm³/mol. The molecule has 0 atom stereocenters. The second-order valence-corrected chi connectivity index (χ2v) is 3.80. The minimum absolute atomic E-state index is 0.531. The van der Waals surface area contributed by atoms with E-state index in [2.05, 4.69) is 20.9 Å². The molecule has 0 saturated heterocycles. The standard InChI is InChI=1S/C10H10BrN3/c11-10-2-1-9(5-8(10)6-12)14-4-3-13-7-14/h1-5,7H,6,12H2. The van der Waals surface area contributed by atoms with Gasteiger partial charge < -0.3 is 10.3 Å². The smallest absolute Gasteiger partial charge is 0.0991 e. The van der Waals surface area contributed by atoms with Crippen LogP contribution in [-0.2, 0) is 6.54 Å². The Labute approximate surface area is 90.7 Å². The van der Waals surface area contributed by atoms with E-state index in [9.17, 15) is 0 Å². The first-order valence-corrected chi connectivity index (χ1v) is 5.07. The molecule has 0 unspecified atom stereocenters. The van der Waals surface area contributed by atoms with Gasteiger partial charge >= 0.3 is 0 Å². The summed E-state index contributed by atoms with van der Waals surface area (Å²) < 4.78 is 3.00. The third kappa shape index (κ3) is 1.71. The van der Waals surface area contributed by atoms with Crippen molar-refractivity contribution in [3.05, 3.63) is 47.0 Å². The lowest BCUT2D eigenvalue weighted by Gasteiger charge is -2.06. The first-order chi connectivity index (χ1) is 6.81. The minimum atomic E-state index is 0.531. The largest absolute Gasteiger partial charge is 0.326 e. The number of rotatable bonds is 2. The highest BCUT2D eigenvalue weighted by Crippen LogP contribution is 2.19. The van der Waals surface area contributed by atoms with Crippen molar-refractivity contribution in [1.82, 2.24) is 9.55 Å². The van der Waals surface area contributed by atoms with Crippen LogP contribution in [0.4, 0.5) is 0 Å². The van der Waals surface area contributed by atoms with Gasteiger partial charge in [0, 0.05) is 29.1 Å². The molecule has 0 aliphatic carbocycles. The molecule has 0 bridgehead atoms. The van der Waals surface area contributed by atoms with Crippen LogP contribution in [0.2, 0.25) is 0 Å². The third-order valence-corrected chi connectivity index (χ3v) is 2.83. The molecule has 0 fully saturated rings. The van der Waals surface area contributed by atoms with Crippen molar-refractivity contribution in [2.75, 3.05) is 0 Å². The lowest BCUT2D eigenvalue weighted by atomic mass is 10.2. The molecule has 1 aromatic carbocycles. The molecule has 14 heavy (non-hydrogen) atoms. The molecule has 0 aliphatic rings. The van der Waals surface area contributed by atoms with Crippen LogP contribution in [0.1, 0.15) is 5.56 Å². The van der Waals surface area contributed by atoms with Crippen LogP contribution in [0.25, 0.3) is 5.69 Å². The fourth-order valence-electron chi connectivity index (χ4n) is 1.29. The quantitative estimate of drug-likeness (QED) is 0.889. The third-order valence-electron chi connectivity index (χ3n) is 2.05. The van der Waals surface area contributed by atoms with Gasteiger partial charge in [0.05, 0.1) is 6.33 Å². The van der Waals surface area contributed by atoms with E-state index in [1.54, 1.807) is 12.5 Å². The summed E-state index contributed by atoms with van der Waals surface area (Å²) in [6.45, 7) is 0.531. The molecule has 2 aromatic rings. The highest BCUT2D eigenvalue weighted by molar-refractivity contribution is 9.10. The first-order valence-electron chi connectivity index (χ1n) is 4.28. The molecule has 0 radical (unpaired) electrons. The molecule has 72 valence electrons. The molecular formula is C10H10BrN3. The number of halogens is 1. The maximum atomic E-state index is 5.62. The Balaban J connectivity index is 2.46. The molecule has 3 nitrogen and oxygen atoms in total. The van der Waals surface area contributed by atoms with Crippen LogP contribution in [0.5, 0.6) is 0 Å². The minimum Gasteiger partial charge on any atom is -0.326 e. The Hall–Kier alpha value is -1.13. The number of nitrogens with zero attached hydrogens (tertiary/aromatic N) is 2. The van der Waals surface area contributed by atoms with Gasteiger partial charge in [-0.2, -0.15) is 0 Å². The van der Waals surface area contributed by atoms with E-state index < -0.39 is 0 Å². The van der Waals surface area contributed by atoms with Gasteiger partial charge in [0.25, 0.3) is 0 Å². The summed E-state index contributed by atoms with van der Waals surface area (Å²) in [5.74, 6) is 0. The number of hydrogen-bond donors (Lipinski definition) is 1. The summed E-state index contributed by atoms with van der Waals surface area (Å²) in [5.41, 5.74) is 7.79. The van der Waals surface area contributed by atoms with Gasteiger partial charge in [-0.3, -0.25) is 0 Å². The lowest BCUT2D eigenvalue weighted by molar-refractivity contribution is 1.02. The van der Waals surface area contributed by atoms with Crippen LogP contribution in [0.15, 0.2) is 41.4 Å². The van der Waals surface area contributed by atoms with Gasteiger partial charge in [-0.05, 0) is 23.8 Å². The van der Waals surface area contributed by atoms with Gasteiger partial charge in [0.1, 0.15) is 0 Å². The molecule has 4 heteroatoms. The van der Waals surface area contributed by atoms with Crippen LogP contribution < -0.4 is 5.73 Å². The second-order valence-electron chi connectivity index (χ2n) is 2.95. The zero-order valence-electron chi connectivity index (χ0n) is 7.52. The van der Waals surface area contributed by atoms with E-state index in [0.29, 0.717) is 6.54 Å². The predicted octanol–water partition coefficient (Wildman–Crippen LogP) is 2.09. The molecule has 0 spiro atoms. The fourth-order valence-corrected chi connectivity index (χ4v) is 1.70. The average Bonchev–Trinajstić information content (AvgIpc) is 2.71. The van der Waals surface area contributed by atoms with Crippen molar-refractivity contribution in [2.24, 2.45) is 5.73 Å². The van der Waals surface area contributed by atoms with Crippen LogP contribution >= 0.6 is 15.9 Å². The van der Waals surface area contributed by atoms with Gasteiger partial charge in [0.15, 0.2) is 0 Å². The topological polar surface area (TPSA) is 43.8 Å². The Kier molecular flexibility index (Phi) is 2.65. The van der Waals surface area contributed by atoms with Gasteiger partial charge in [0.2, 0.25) is 0 Å². The number of hydrogen-bond acceptors (Lipinski definition) is 2. The summed E-state index contributed by atoms with van der Waals surface area (Å²) >= 11 is 3.45. The second kappa shape index (κ2) is 3.94. The summed E-state index contributed by atoms with van der Waals surface area (Å²) in [6.07, 6.45) is 5.43. The van der Waals surface area contributed by atoms with E-state index in [-0.39, 0.29) is 0 Å². The molecule has 2 rings (SSSR count). The fraction of sp³-hybridized carbons (Fsp3) is 0.100. The normalized spacial score (nSPS) is 10.4. The summed E-state index contributed by atoms with van der Waals surface area (Å²) in [7, 11) is 0. The number of imidazole rings is 1. The number of benzene rings is 1. The van der Waals surface area contributed by atoms with E-state index in [4.69, 9.17) is 5.73 Å². The Morgan fingerprint density at radius 3 is 2.93 bits per heavy atom. The molecule has 0 amide bonds. The maximum Gasteiger partial charge on any atom is 0.0991 e. The van der Waals surface area contributed by atoms with Gasteiger partial charge in [-0.15, -0.1) is 0 Å². The highest BCUT2D eigenvalue weighted by atomic mass is 79.9. The molecule has 0 aliphatic heterocycles. The van der Waals surface area contributed by atoms with Gasteiger partial charge in [-0.25, -0.2) is 4.98 Å². The summed E-state index contributed by atoms with van der Waals surface area (Å²) in [6, 6.07) is 6.06. The number of aromatic nitrogens is 2. The van der Waals surface area contributed by atoms with Gasteiger partial charge in [-0.1, -0.05) is 15.9 Å². The zero-order valence-corrected chi connectivity index (χ0v) is 9.11. The van der Waals surface area contributed by atoms with Crippen LogP contribution in [-0.4, -0.2) is 9.55 Å². The maximum absolute atomic E-state index is 5.62. The van der Waals surface area contributed by atoms with Crippen molar-refractivity contribution in [1.29, 1.82) is 0 Å². The zero-order chi connectivity index (χ0) is 9.97. The van der Waals surface area contributed by atoms with E-state index >= 15 is 0 Å². The molecule has 0 saturated carbocycles. The van der Waals surface area contributed by atoms with Crippen molar-refractivity contribution < 1.29 is 0 Å². The van der Waals surface area contributed by atoms with Crippen molar-refractivity contribution >= 4 is 15.9 Å². The molecule has 2 N–H and O–H groups in total. The summed E-state index contributed by atoms with van der Waals surface area (Å²) in [5, 5.41) is 0. The van der Waals surface area contributed by atoms with E-state index in [1.165, 1.54) is 0 Å². The lowest BCUT2D eigenvalue weighted by Crippen LogP contribution is -1.99. The Bertz CT molecular complexity index is 423. The SMILES string of the molecule is NCc1cc(-n2ccnc2)ccc1Br. The van der Waals surface area contributed by atoms with E-state index in [0.717, 1.165) is 15.7 Å². The molecular weight excluding hydrogens is 242 g/mol. The van der Waals surface area contributed by atoms with Crippen molar-refractivity contribution in [3.8, 4) is 5.69 Å². The first kappa shape index (κ1) is 9.43. The summed E-state index contributed by atoms with van der Waals surface area (Å²) in [4.78, 5) is 4.00. The molecule has 1 heterocycles. The monoisotopic (exact) mass is 251 g/mol. The van der Waals surface area contributed by atoms with Crippen LogP contribution in [0.3, 0.4) is 0 Å². The van der Waals surface area contributed by atoms with Crippen molar-refractivity contribution in [2.45, 2.75) is 6.54 Å². The highest BCUT2D eigenvalue weighted by Gasteiger charge is 2.00. The van der Waals surface area contributed by atoms with E-state index in [1.807, 2.05) is 29.0 Å². The van der Waals surface area contributed by atoms with Crippen LogP contribution in [0, 0.1) is 0 Å². The number of nitrogens with two attached hydrogens (primary N) is 1. The molecule has 1 aromatic heterocycles. The Morgan fingerprint density at radius 2 is 2.29 bits per heavy atom. The Morgan fingerprint density at radius 1 is 1.43 bits per heavy atom.